The number of aryl methyl sites for hydroxylation is 2. The van der Waals surface area contributed by atoms with Gasteiger partial charge < -0.3 is 4.90 Å². The maximum Gasteiger partial charge on any atom is 0.265 e. The second kappa shape index (κ2) is 5.37. The average Bonchev–Trinajstić information content (AvgIpc) is 3.07. The van der Waals surface area contributed by atoms with Gasteiger partial charge in [0.25, 0.3) is 5.91 Å². The highest BCUT2D eigenvalue weighted by Gasteiger charge is 2.29. The van der Waals surface area contributed by atoms with Gasteiger partial charge in [-0.3, -0.25) is 4.79 Å². The molecule has 4 heteroatoms. The fourth-order valence-electron chi connectivity index (χ4n) is 2.89. The number of likely N-dealkylation sites (tertiary alicyclic amines) is 1. The topological polar surface area (TPSA) is 33.2 Å². The van der Waals surface area contributed by atoms with Crippen molar-refractivity contribution in [2.45, 2.75) is 26.2 Å². The molecule has 1 saturated heterocycles. The van der Waals surface area contributed by atoms with Crippen molar-refractivity contribution in [2.24, 2.45) is 0 Å². The molecule has 1 aromatic carbocycles. The molecule has 20 heavy (non-hydrogen) atoms. The fourth-order valence-corrected chi connectivity index (χ4v) is 3.66. The Morgan fingerprint density at radius 3 is 2.85 bits per heavy atom. The van der Waals surface area contributed by atoms with Crippen LogP contribution in [-0.2, 0) is 0 Å². The van der Waals surface area contributed by atoms with Crippen LogP contribution in [0.3, 0.4) is 0 Å². The molecule has 1 fully saturated rings. The molecule has 1 aliphatic rings. The van der Waals surface area contributed by atoms with E-state index >= 15 is 0 Å². The lowest BCUT2D eigenvalue weighted by Crippen LogP contribution is -2.28. The molecule has 2 heterocycles. The molecule has 2 aromatic rings. The smallest absolute Gasteiger partial charge is 0.265 e. The van der Waals surface area contributed by atoms with Crippen molar-refractivity contribution in [3.05, 3.63) is 51.5 Å². The van der Waals surface area contributed by atoms with Crippen LogP contribution < -0.4 is 0 Å². The van der Waals surface area contributed by atoms with E-state index in [1.54, 1.807) is 5.51 Å². The van der Waals surface area contributed by atoms with E-state index < -0.39 is 0 Å². The molecule has 0 radical (unpaired) electrons. The first-order valence-corrected chi connectivity index (χ1v) is 7.79. The highest BCUT2D eigenvalue weighted by molar-refractivity contribution is 7.11. The maximum absolute atomic E-state index is 12.5. The second-order valence-electron chi connectivity index (χ2n) is 5.36. The van der Waals surface area contributed by atoms with Crippen LogP contribution in [0.4, 0.5) is 0 Å². The quantitative estimate of drug-likeness (QED) is 0.848. The van der Waals surface area contributed by atoms with Gasteiger partial charge in [0, 0.05) is 19.0 Å². The van der Waals surface area contributed by atoms with Gasteiger partial charge in [-0.2, -0.15) is 0 Å². The monoisotopic (exact) mass is 286 g/mol. The lowest BCUT2D eigenvalue weighted by Gasteiger charge is -2.17. The van der Waals surface area contributed by atoms with E-state index in [9.17, 15) is 4.79 Å². The van der Waals surface area contributed by atoms with E-state index in [0.29, 0.717) is 5.92 Å². The minimum absolute atomic E-state index is 0.140. The van der Waals surface area contributed by atoms with Crippen LogP contribution in [-0.4, -0.2) is 28.9 Å². The van der Waals surface area contributed by atoms with Crippen molar-refractivity contribution in [3.8, 4) is 0 Å². The predicted octanol–water partition coefficient (Wildman–Crippen LogP) is 3.39. The molecule has 0 aliphatic carbocycles. The Labute approximate surface area is 123 Å². The summed E-state index contributed by atoms with van der Waals surface area (Å²) in [6.45, 7) is 5.71. The normalized spacial score (nSPS) is 18.5. The minimum Gasteiger partial charge on any atom is -0.337 e. The molecule has 1 aliphatic heterocycles. The lowest BCUT2D eigenvalue weighted by molar-refractivity contribution is 0.0794. The molecule has 3 nitrogen and oxygen atoms in total. The summed E-state index contributed by atoms with van der Waals surface area (Å²) in [6, 6.07) is 8.48. The van der Waals surface area contributed by atoms with Crippen molar-refractivity contribution < 1.29 is 4.79 Å². The fraction of sp³-hybridized carbons (Fsp3) is 0.375. The standard InChI is InChI=1S/C16H18N2OS/c1-11-5-3-4-6-14(11)13-7-8-18(9-13)16(19)15-12(2)17-10-20-15/h3-6,10,13H,7-9H2,1-2H3. The Morgan fingerprint density at radius 1 is 1.35 bits per heavy atom. The van der Waals surface area contributed by atoms with Crippen molar-refractivity contribution >= 4 is 17.2 Å². The number of hydrogen-bond acceptors (Lipinski definition) is 3. The van der Waals surface area contributed by atoms with E-state index in [0.717, 1.165) is 30.1 Å². The van der Waals surface area contributed by atoms with Crippen LogP contribution in [0.15, 0.2) is 29.8 Å². The number of nitrogens with zero attached hydrogens (tertiary/aromatic N) is 2. The maximum atomic E-state index is 12.5. The SMILES string of the molecule is Cc1ccccc1C1CCN(C(=O)c2scnc2C)C1. The molecule has 1 amide bonds. The zero-order valence-electron chi connectivity index (χ0n) is 11.8. The molecular formula is C16H18N2OS. The van der Waals surface area contributed by atoms with E-state index in [-0.39, 0.29) is 5.91 Å². The van der Waals surface area contributed by atoms with Gasteiger partial charge in [0.15, 0.2) is 0 Å². The van der Waals surface area contributed by atoms with Gasteiger partial charge in [-0.15, -0.1) is 11.3 Å². The van der Waals surface area contributed by atoms with Gasteiger partial charge in [-0.1, -0.05) is 24.3 Å². The summed E-state index contributed by atoms with van der Waals surface area (Å²) in [5.74, 6) is 0.606. The zero-order chi connectivity index (χ0) is 14.1. The molecule has 0 spiro atoms. The first-order chi connectivity index (χ1) is 9.66. The van der Waals surface area contributed by atoms with Gasteiger partial charge in [-0.05, 0) is 31.4 Å². The van der Waals surface area contributed by atoms with Gasteiger partial charge in [0.2, 0.25) is 0 Å². The van der Waals surface area contributed by atoms with Crippen LogP contribution in [0, 0.1) is 13.8 Å². The second-order valence-corrected chi connectivity index (χ2v) is 6.22. The third kappa shape index (κ3) is 2.36. The van der Waals surface area contributed by atoms with Crippen molar-refractivity contribution in [1.29, 1.82) is 0 Å². The molecule has 3 rings (SSSR count). The molecule has 1 unspecified atom stereocenters. The highest BCUT2D eigenvalue weighted by atomic mass is 32.1. The molecule has 104 valence electrons. The Kier molecular flexibility index (Phi) is 3.57. The Hall–Kier alpha value is -1.68. The third-order valence-electron chi connectivity index (χ3n) is 4.04. The zero-order valence-corrected chi connectivity index (χ0v) is 12.6. The largest absolute Gasteiger partial charge is 0.337 e. The molecule has 1 atom stereocenters. The Morgan fingerprint density at radius 2 is 2.15 bits per heavy atom. The molecule has 0 bridgehead atoms. The van der Waals surface area contributed by atoms with Gasteiger partial charge in [-0.25, -0.2) is 4.98 Å². The lowest BCUT2D eigenvalue weighted by atomic mass is 9.94. The molecule has 0 saturated carbocycles. The summed E-state index contributed by atoms with van der Waals surface area (Å²) in [5, 5.41) is 0. The van der Waals surface area contributed by atoms with Crippen molar-refractivity contribution in [1.82, 2.24) is 9.88 Å². The predicted molar refractivity (Wildman–Crippen MR) is 81.3 cm³/mol. The summed E-state index contributed by atoms with van der Waals surface area (Å²) in [4.78, 5) is 19.4. The van der Waals surface area contributed by atoms with Gasteiger partial charge >= 0.3 is 0 Å². The number of hydrogen-bond donors (Lipinski definition) is 0. The number of benzene rings is 1. The van der Waals surface area contributed by atoms with Crippen LogP contribution in [0.2, 0.25) is 0 Å². The van der Waals surface area contributed by atoms with Crippen LogP contribution in [0.1, 0.15) is 38.8 Å². The highest BCUT2D eigenvalue weighted by Crippen LogP contribution is 2.30. The van der Waals surface area contributed by atoms with E-state index in [4.69, 9.17) is 0 Å². The van der Waals surface area contributed by atoms with Crippen LogP contribution >= 0.6 is 11.3 Å². The van der Waals surface area contributed by atoms with Crippen LogP contribution in [0.25, 0.3) is 0 Å². The average molecular weight is 286 g/mol. The number of amides is 1. The van der Waals surface area contributed by atoms with Crippen LogP contribution in [0.5, 0.6) is 0 Å². The van der Waals surface area contributed by atoms with Crippen molar-refractivity contribution in [3.63, 3.8) is 0 Å². The molecule has 0 N–H and O–H groups in total. The Bertz CT molecular complexity index is 635. The number of thiazole rings is 1. The molecule has 1 aromatic heterocycles. The summed E-state index contributed by atoms with van der Waals surface area (Å²) >= 11 is 1.44. The number of carbonyl (C=O) groups is 1. The third-order valence-corrected chi connectivity index (χ3v) is 4.96. The summed E-state index contributed by atoms with van der Waals surface area (Å²) in [5.41, 5.74) is 5.29. The summed E-state index contributed by atoms with van der Waals surface area (Å²) < 4.78 is 0. The first-order valence-electron chi connectivity index (χ1n) is 6.91. The minimum atomic E-state index is 0.140. The van der Waals surface area contributed by atoms with Gasteiger partial charge in [0.05, 0.1) is 11.2 Å². The van der Waals surface area contributed by atoms with E-state index in [1.165, 1.54) is 22.5 Å². The number of rotatable bonds is 2. The Balaban J connectivity index is 1.76. The summed E-state index contributed by atoms with van der Waals surface area (Å²) in [6.07, 6.45) is 1.05. The summed E-state index contributed by atoms with van der Waals surface area (Å²) in [7, 11) is 0. The van der Waals surface area contributed by atoms with E-state index in [2.05, 4.69) is 36.2 Å². The number of aromatic nitrogens is 1. The van der Waals surface area contributed by atoms with Gasteiger partial charge in [0.1, 0.15) is 4.88 Å². The molecular weight excluding hydrogens is 268 g/mol. The van der Waals surface area contributed by atoms with E-state index in [1.807, 2.05) is 11.8 Å². The van der Waals surface area contributed by atoms with Crippen molar-refractivity contribution in [2.75, 3.05) is 13.1 Å². The number of carbonyl (C=O) groups excluding carboxylic acids is 1. The first kappa shape index (κ1) is 13.3.